The third-order valence-electron chi connectivity index (χ3n) is 14.0. The zero-order chi connectivity index (χ0) is 41.0. The summed E-state index contributed by atoms with van der Waals surface area (Å²) >= 11 is 0. The fourth-order valence-corrected chi connectivity index (χ4v) is 10.6. The highest BCUT2D eigenvalue weighted by Crippen LogP contribution is 2.53. The Labute approximate surface area is 357 Å². The van der Waals surface area contributed by atoms with Gasteiger partial charge in [0.1, 0.15) is 0 Å². The van der Waals surface area contributed by atoms with E-state index >= 15 is 0 Å². The predicted octanol–water partition coefficient (Wildman–Crippen LogP) is 16.9. The van der Waals surface area contributed by atoms with Crippen molar-refractivity contribution in [2.75, 3.05) is 4.90 Å². The van der Waals surface area contributed by atoms with Gasteiger partial charge in [-0.3, -0.25) is 0 Å². The molecule has 0 aliphatic heterocycles. The second-order valence-electron chi connectivity index (χ2n) is 18.9. The maximum atomic E-state index is 2.58. The minimum absolute atomic E-state index is 0.134. The number of benzene rings is 8. The van der Waals surface area contributed by atoms with Crippen LogP contribution in [0, 0.1) is 11.3 Å². The second-order valence-corrected chi connectivity index (χ2v) is 18.9. The van der Waals surface area contributed by atoms with Gasteiger partial charge in [0, 0.05) is 22.2 Å². The number of anilines is 3. The molecule has 0 aromatic heterocycles. The summed E-state index contributed by atoms with van der Waals surface area (Å²) in [7, 11) is 0. The molecule has 1 heteroatoms. The molecule has 10 rings (SSSR count). The Hall–Kier alpha value is -6.18. The van der Waals surface area contributed by atoms with Gasteiger partial charge in [-0.25, -0.2) is 0 Å². The largest absolute Gasteiger partial charge is 0.309 e. The number of hydrogen-bond donors (Lipinski definition) is 0. The molecule has 0 spiro atoms. The quantitative estimate of drug-likeness (QED) is 0.156. The van der Waals surface area contributed by atoms with Crippen LogP contribution in [0.25, 0.3) is 55.3 Å². The van der Waals surface area contributed by atoms with Crippen LogP contribution in [-0.4, -0.2) is 0 Å². The fraction of sp³-hybridized carbons (Fsp3) is 0.220. The molecule has 1 fully saturated rings. The van der Waals surface area contributed by atoms with Crippen molar-refractivity contribution in [3.05, 3.63) is 199 Å². The van der Waals surface area contributed by atoms with Crippen molar-refractivity contribution in [2.24, 2.45) is 11.3 Å². The van der Waals surface area contributed by atoms with E-state index in [1.54, 1.807) is 0 Å². The molecule has 296 valence electrons. The van der Waals surface area contributed by atoms with Crippen molar-refractivity contribution >= 4 is 27.8 Å². The number of hydrogen-bond acceptors (Lipinski definition) is 1. The van der Waals surface area contributed by atoms with E-state index in [9.17, 15) is 0 Å². The van der Waals surface area contributed by atoms with E-state index in [1.165, 1.54) is 115 Å². The summed E-state index contributed by atoms with van der Waals surface area (Å²) in [6.07, 6.45) is 5.07. The Morgan fingerprint density at radius 3 is 1.80 bits per heavy atom. The molecule has 0 bridgehead atoms. The summed E-state index contributed by atoms with van der Waals surface area (Å²) in [6.45, 7) is 12.0. The maximum absolute atomic E-state index is 2.58. The van der Waals surface area contributed by atoms with E-state index in [4.69, 9.17) is 0 Å². The Bertz CT molecular complexity index is 2810. The molecule has 8 aromatic rings. The summed E-state index contributed by atoms with van der Waals surface area (Å²) in [6, 6.07) is 68.3. The minimum atomic E-state index is -0.134. The lowest BCUT2D eigenvalue weighted by Crippen LogP contribution is -2.25. The molecule has 0 amide bonds. The third-order valence-corrected chi connectivity index (χ3v) is 14.0. The molecule has 0 atom stereocenters. The summed E-state index contributed by atoms with van der Waals surface area (Å²) in [4.78, 5) is 2.58. The lowest BCUT2D eigenvalue weighted by Gasteiger charge is -2.37. The first-order valence-corrected chi connectivity index (χ1v) is 22.1. The average molecular weight is 778 g/mol. The van der Waals surface area contributed by atoms with E-state index in [0.29, 0.717) is 11.3 Å². The van der Waals surface area contributed by atoms with Gasteiger partial charge in [-0.2, -0.15) is 0 Å². The highest BCUT2D eigenvalue weighted by Gasteiger charge is 2.36. The lowest BCUT2D eigenvalue weighted by atomic mass is 9.68. The summed E-state index contributed by atoms with van der Waals surface area (Å²) in [5.41, 5.74) is 18.1. The standard InChI is InChI=1S/C59H55N/c1-58(2,3)47-32-28-42(29-33-47)46-31-36-55(52(38-46)43-18-10-7-11-19-43)60(48-34-35-51-50-22-14-15-23-53(50)59(4,5)54(51)39-48)56-37-30-44-20-12-13-21-49(44)57(56)45-26-24-41(25-27-45)40-16-8-6-9-17-40/h6-27,30-31,34-39,42,47H,28-29,32-33H2,1-5H3. The smallest absolute Gasteiger partial charge is 0.0546 e. The van der Waals surface area contributed by atoms with Crippen LogP contribution in [-0.2, 0) is 5.41 Å². The monoisotopic (exact) mass is 777 g/mol. The van der Waals surface area contributed by atoms with Crippen LogP contribution in [0.3, 0.4) is 0 Å². The summed E-state index contributed by atoms with van der Waals surface area (Å²) in [5.74, 6) is 1.34. The summed E-state index contributed by atoms with van der Waals surface area (Å²) in [5, 5.41) is 2.48. The molecule has 0 unspecified atom stereocenters. The first-order chi connectivity index (χ1) is 29.1. The fourth-order valence-electron chi connectivity index (χ4n) is 10.6. The Kier molecular flexibility index (Phi) is 9.60. The molecule has 2 aliphatic rings. The van der Waals surface area contributed by atoms with Gasteiger partial charge in [0.05, 0.1) is 11.4 Å². The topological polar surface area (TPSA) is 3.24 Å². The Morgan fingerprint density at radius 1 is 0.467 bits per heavy atom. The van der Waals surface area contributed by atoms with Crippen molar-refractivity contribution in [2.45, 2.75) is 71.6 Å². The predicted molar refractivity (Wildman–Crippen MR) is 257 cm³/mol. The van der Waals surface area contributed by atoms with Gasteiger partial charge in [0.15, 0.2) is 0 Å². The van der Waals surface area contributed by atoms with E-state index < -0.39 is 0 Å². The normalized spacial score (nSPS) is 16.9. The molecule has 1 nitrogen and oxygen atoms in total. The molecule has 0 saturated heterocycles. The molecule has 1 saturated carbocycles. The molecule has 0 N–H and O–H groups in total. The highest BCUT2D eigenvalue weighted by molar-refractivity contribution is 6.06. The van der Waals surface area contributed by atoms with Crippen molar-refractivity contribution in [1.82, 2.24) is 0 Å². The van der Waals surface area contributed by atoms with Crippen LogP contribution in [0.1, 0.15) is 82.9 Å². The molecule has 60 heavy (non-hydrogen) atoms. The van der Waals surface area contributed by atoms with Gasteiger partial charge in [-0.1, -0.05) is 186 Å². The molecule has 0 radical (unpaired) electrons. The van der Waals surface area contributed by atoms with Gasteiger partial charge in [-0.05, 0) is 134 Å². The van der Waals surface area contributed by atoms with Crippen molar-refractivity contribution in [1.29, 1.82) is 0 Å². The molecule has 0 heterocycles. The van der Waals surface area contributed by atoms with Crippen LogP contribution in [0.4, 0.5) is 17.1 Å². The zero-order valence-electron chi connectivity index (χ0n) is 35.8. The van der Waals surface area contributed by atoms with Gasteiger partial charge in [0.25, 0.3) is 0 Å². The number of fused-ring (bicyclic) bond motifs is 4. The van der Waals surface area contributed by atoms with E-state index in [-0.39, 0.29) is 5.41 Å². The number of rotatable bonds is 7. The molecular weight excluding hydrogens is 723 g/mol. The van der Waals surface area contributed by atoms with Gasteiger partial charge >= 0.3 is 0 Å². The van der Waals surface area contributed by atoms with Crippen LogP contribution in [0.2, 0.25) is 0 Å². The van der Waals surface area contributed by atoms with E-state index in [0.717, 1.165) is 5.92 Å². The van der Waals surface area contributed by atoms with Gasteiger partial charge < -0.3 is 4.90 Å². The average Bonchev–Trinajstić information content (AvgIpc) is 3.52. The third kappa shape index (κ3) is 6.75. The Morgan fingerprint density at radius 2 is 1.07 bits per heavy atom. The zero-order valence-corrected chi connectivity index (χ0v) is 35.8. The highest BCUT2D eigenvalue weighted by atomic mass is 15.1. The van der Waals surface area contributed by atoms with Crippen LogP contribution in [0.15, 0.2) is 182 Å². The van der Waals surface area contributed by atoms with E-state index in [1.807, 2.05) is 0 Å². The van der Waals surface area contributed by atoms with Crippen molar-refractivity contribution in [3.63, 3.8) is 0 Å². The Balaban J connectivity index is 1.20. The van der Waals surface area contributed by atoms with Crippen LogP contribution >= 0.6 is 0 Å². The first kappa shape index (κ1) is 38.0. The lowest BCUT2D eigenvalue weighted by molar-refractivity contribution is 0.169. The maximum Gasteiger partial charge on any atom is 0.0546 e. The molecule has 2 aliphatic carbocycles. The number of nitrogens with zero attached hydrogens (tertiary/aromatic N) is 1. The van der Waals surface area contributed by atoms with Crippen LogP contribution in [0.5, 0.6) is 0 Å². The van der Waals surface area contributed by atoms with Crippen molar-refractivity contribution in [3.8, 4) is 44.5 Å². The van der Waals surface area contributed by atoms with Gasteiger partial charge in [-0.15, -0.1) is 0 Å². The van der Waals surface area contributed by atoms with Crippen molar-refractivity contribution < 1.29 is 0 Å². The van der Waals surface area contributed by atoms with E-state index in [2.05, 4.69) is 222 Å². The van der Waals surface area contributed by atoms with Gasteiger partial charge in [0.2, 0.25) is 0 Å². The molecular formula is C59H55N. The first-order valence-electron chi connectivity index (χ1n) is 22.1. The SMILES string of the molecule is CC1(C)c2ccccc2-c2ccc(N(c3ccc(C4CCC(C(C)(C)C)CC4)cc3-c3ccccc3)c3ccc4ccccc4c3-c3ccc(-c4ccccc4)cc3)cc21. The second kappa shape index (κ2) is 15.1. The van der Waals surface area contributed by atoms with Crippen LogP contribution < -0.4 is 4.90 Å². The summed E-state index contributed by atoms with van der Waals surface area (Å²) < 4.78 is 0. The minimum Gasteiger partial charge on any atom is -0.309 e. The molecule has 8 aromatic carbocycles.